The van der Waals surface area contributed by atoms with Crippen LogP contribution in [0.3, 0.4) is 0 Å². The van der Waals surface area contributed by atoms with Gasteiger partial charge in [-0.05, 0) is 38.2 Å². The van der Waals surface area contributed by atoms with Crippen LogP contribution in [0.4, 0.5) is 0 Å². The molecule has 1 fully saturated rings. The minimum Gasteiger partial charge on any atom is -0.448 e. The number of aromatic nitrogens is 2. The lowest BCUT2D eigenvalue weighted by Crippen LogP contribution is -2.44. The molecule has 3 rings (SSSR count). The quantitative estimate of drug-likeness (QED) is 0.542. The summed E-state index contributed by atoms with van der Waals surface area (Å²) in [4.78, 5) is 31.6. The Hall–Kier alpha value is -2.28. The zero-order valence-corrected chi connectivity index (χ0v) is 17.4. The van der Waals surface area contributed by atoms with Crippen LogP contribution in [0.5, 0.6) is 0 Å². The maximum Gasteiger partial charge on any atom is 0.357 e. The van der Waals surface area contributed by atoms with E-state index in [4.69, 9.17) is 4.74 Å². The predicted octanol–water partition coefficient (Wildman–Crippen LogP) is 3.93. The van der Waals surface area contributed by atoms with E-state index in [0.29, 0.717) is 10.9 Å². The summed E-state index contributed by atoms with van der Waals surface area (Å²) in [5, 5.41) is 0.691. The molecule has 0 radical (unpaired) electrons. The van der Waals surface area contributed by atoms with Crippen LogP contribution < -0.4 is 0 Å². The number of nitrogens with zero attached hydrogens (tertiary/aromatic N) is 3. The van der Waals surface area contributed by atoms with Gasteiger partial charge in [0.1, 0.15) is 0 Å². The Bertz CT molecular complexity index is 816. The molecule has 1 aromatic carbocycles. The van der Waals surface area contributed by atoms with Crippen molar-refractivity contribution < 1.29 is 14.3 Å². The Balaban J connectivity index is 1.74. The minimum absolute atomic E-state index is 0.156. The molecule has 1 atom stereocenters. The molecule has 1 saturated carbocycles. The van der Waals surface area contributed by atoms with Crippen molar-refractivity contribution in [3.8, 4) is 5.69 Å². The van der Waals surface area contributed by atoms with E-state index in [1.54, 1.807) is 16.4 Å². The number of para-hydroxylation sites is 1. The van der Waals surface area contributed by atoms with E-state index in [9.17, 15) is 9.59 Å². The number of likely N-dealkylation sites (N-methyl/N-ethyl adjacent to an activating group) is 1. The fraction of sp³-hybridized carbons (Fsp3) is 0.476. The molecule has 7 heteroatoms. The first-order valence-electron chi connectivity index (χ1n) is 9.67. The van der Waals surface area contributed by atoms with Crippen molar-refractivity contribution in [1.82, 2.24) is 14.5 Å². The van der Waals surface area contributed by atoms with Crippen molar-refractivity contribution in [3.63, 3.8) is 0 Å². The van der Waals surface area contributed by atoms with Crippen molar-refractivity contribution in [2.24, 2.45) is 0 Å². The van der Waals surface area contributed by atoms with Gasteiger partial charge in [0.25, 0.3) is 5.91 Å². The van der Waals surface area contributed by atoms with Crippen LogP contribution >= 0.6 is 11.8 Å². The second kappa shape index (κ2) is 9.28. The van der Waals surface area contributed by atoms with E-state index >= 15 is 0 Å². The standard InChI is InChI=1S/C21H27N3O3S/c1-15(19(25)23(2)16-10-6-4-7-11-16)27-20(26)18-14-22-21(28-3)24(18)17-12-8-5-9-13-17/h5,8-9,12-16H,4,6-7,10-11H2,1-3H3/t15-/m1/s1. The van der Waals surface area contributed by atoms with Gasteiger partial charge >= 0.3 is 5.97 Å². The molecule has 1 heterocycles. The molecule has 0 aliphatic heterocycles. The zero-order valence-electron chi connectivity index (χ0n) is 16.6. The lowest BCUT2D eigenvalue weighted by atomic mass is 9.94. The highest BCUT2D eigenvalue weighted by atomic mass is 32.2. The Labute approximate surface area is 170 Å². The molecule has 0 bridgehead atoms. The fourth-order valence-electron chi connectivity index (χ4n) is 3.66. The predicted molar refractivity (Wildman–Crippen MR) is 110 cm³/mol. The molecule has 1 aromatic heterocycles. The van der Waals surface area contributed by atoms with Crippen molar-refractivity contribution in [3.05, 3.63) is 42.2 Å². The third-order valence-electron chi connectivity index (χ3n) is 5.24. The second-order valence-electron chi connectivity index (χ2n) is 7.09. The fourth-order valence-corrected chi connectivity index (χ4v) is 4.20. The number of imidazole rings is 1. The van der Waals surface area contributed by atoms with Crippen LogP contribution in [0.1, 0.15) is 49.5 Å². The third-order valence-corrected chi connectivity index (χ3v) is 5.89. The molecule has 6 nitrogen and oxygen atoms in total. The van der Waals surface area contributed by atoms with E-state index in [0.717, 1.165) is 31.4 Å². The van der Waals surface area contributed by atoms with Gasteiger partial charge in [0, 0.05) is 18.8 Å². The summed E-state index contributed by atoms with van der Waals surface area (Å²) in [6.45, 7) is 1.64. The van der Waals surface area contributed by atoms with Gasteiger partial charge in [-0.15, -0.1) is 0 Å². The van der Waals surface area contributed by atoms with E-state index in [-0.39, 0.29) is 11.9 Å². The summed E-state index contributed by atoms with van der Waals surface area (Å²) in [5.74, 6) is -0.703. The van der Waals surface area contributed by atoms with Crippen LogP contribution in [-0.2, 0) is 9.53 Å². The van der Waals surface area contributed by atoms with E-state index < -0.39 is 12.1 Å². The molecule has 2 aromatic rings. The maximum absolute atomic E-state index is 12.8. The number of esters is 1. The normalized spacial score (nSPS) is 15.8. The first-order valence-corrected chi connectivity index (χ1v) is 10.9. The Kier molecular flexibility index (Phi) is 6.78. The van der Waals surface area contributed by atoms with Crippen molar-refractivity contribution in [2.45, 2.75) is 56.3 Å². The maximum atomic E-state index is 12.8. The monoisotopic (exact) mass is 401 g/mol. The number of hydrogen-bond donors (Lipinski definition) is 0. The average Bonchev–Trinajstić information content (AvgIpc) is 3.18. The third kappa shape index (κ3) is 4.41. The molecule has 0 unspecified atom stereocenters. The molecule has 0 N–H and O–H groups in total. The van der Waals surface area contributed by atoms with Gasteiger partial charge in [-0.3, -0.25) is 9.36 Å². The average molecular weight is 402 g/mol. The summed E-state index contributed by atoms with van der Waals surface area (Å²) >= 11 is 1.45. The molecule has 0 spiro atoms. The molecular weight excluding hydrogens is 374 g/mol. The number of rotatable bonds is 6. The summed E-state index contributed by atoms with van der Waals surface area (Å²) in [5.41, 5.74) is 1.14. The SMILES string of the molecule is CSc1ncc(C(=O)O[C@H](C)C(=O)N(C)C2CCCCC2)n1-c1ccccc1. The number of amides is 1. The summed E-state index contributed by atoms with van der Waals surface area (Å²) in [6.07, 6.45) is 8.11. The summed E-state index contributed by atoms with van der Waals surface area (Å²) in [6, 6.07) is 9.77. The van der Waals surface area contributed by atoms with Gasteiger partial charge in [0.05, 0.1) is 6.20 Å². The van der Waals surface area contributed by atoms with Crippen molar-refractivity contribution in [2.75, 3.05) is 13.3 Å². The number of carbonyl (C=O) groups excluding carboxylic acids is 2. The largest absolute Gasteiger partial charge is 0.448 e. The highest BCUT2D eigenvalue weighted by Crippen LogP contribution is 2.24. The number of ether oxygens (including phenoxy) is 1. The van der Waals surface area contributed by atoms with Crippen LogP contribution in [0.25, 0.3) is 5.69 Å². The molecule has 1 amide bonds. The van der Waals surface area contributed by atoms with Gasteiger partial charge in [-0.25, -0.2) is 9.78 Å². The molecule has 150 valence electrons. The number of hydrogen-bond acceptors (Lipinski definition) is 5. The van der Waals surface area contributed by atoms with E-state index in [1.807, 2.05) is 43.6 Å². The van der Waals surface area contributed by atoms with Gasteiger partial charge < -0.3 is 9.64 Å². The molecular formula is C21H27N3O3S. The van der Waals surface area contributed by atoms with E-state index in [2.05, 4.69) is 4.98 Å². The minimum atomic E-state index is -0.837. The van der Waals surface area contributed by atoms with Gasteiger partial charge in [-0.1, -0.05) is 49.2 Å². The zero-order chi connectivity index (χ0) is 20.1. The number of carbonyl (C=O) groups is 2. The smallest absolute Gasteiger partial charge is 0.357 e. The van der Waals surface area contributed by atoms with Gasteiger partial charge in [0.15, 0.2) is 17.0 Å². The van der Waals surface area contributed by atoms with Crippen LogP contribution in [0.15, 0.2) is 41.7 Å². The second-order valence-corrected chi connectivity index (χ2v) is 7.86. The Morgan fingerprint density at radius 1 is 1.21 bits per heavy atom. The summed E-state index contributed by atoms with van der Waals surface area (Å²) in [7, 11) is 1.81. The first kappa shape index (κ1) is 20.5. The lowest BCUT2D eigenvalue weighted by molar-refractivity contribution is -0.141. The lowest BCUT2D eigenvalue weighted by Gasteiger charge is -2.32. The number of benzene rings is 1. The Morgan fingerprint density at radius 2 is 1.89 bits per heavy atom. The van der Waals surface area contributed by atoms with Crippen molar-refractivity contribution >= 4 is 23.6 Å². The van der Waals surface area contributed by atoms with Gasteiger partial charge in [-0.2, -0.15) is 0 Å². The van der Waals surface area contributed by atoms with Crippen molar-refractivity contribution in [1.29, 1.82) is 0 Å². The van der Waals surface area contributed by atoms with Crippen LogP contribution in [0, 0.1) is 0 Å². The molecule has 0 saturated heterocycles. The number of thioether (sulfide) groups is 1. The van der Waals surface area contributed by atoms with Crippen LogP contribution in [-0.4, -0.2) is 51.8 Å². The Morgan fingerprint density at radius 3 is 2.54 bits per heavy atom. The molecule has 28 heavy (non-hydrogen) atoms. The highest BCUT2D eigenvalue weighted by molar-refractivity contribution is 7.98. The highest BCUT2D eigenvalue weighted by Gasteiger charge is 2.29. The van der Waals surface area contributed by atoms with Gasteiger partial charge in [0.2, 0.25) is 0 Å². The molecule has 1 aliphatic rings. The first-order chi connectivity index (χ1) is 13.5. The topological polar surface area (TPSA) is 64.4 Å². The summed E-state index contributed by atoms with van der Waals surface area (Å²) < 4.78 is 7.29. The molecule has 1 aliphatic carbocycles. The van der Waals surface area contributed by atoms with Crippen LogP contribution in [0.2, 0.25) is 0 Å². The van der Waals surface area contributed by atoms with E-state index in [1.165, 1.54) is 24.4 Å².